The third kappa shape index (κ3) is 3.46. The Morgan fingerprint density at radius 1 is 1.04 bits per heavy atom. The second-order valence-corrected chi connectivity index (χ2v) is 6.40. The number of nitrogens with one attached hydrogen (secondary N) is 1. The molecule has 27 heavy (non-hydrogen) atoms. The predicted octanol–water partition coefficient (Wildman–Crippen LogP) is 3.89. The van der Waals surface area contributed by atoms with Gasteiger partial charge in [0.25, 0.3) is 5.91 Å². The fourth-order valence-electron chi connectivity index (χ4n) is 3.11. The lowest BCUT2D eigenvalue weighted by molar-refractivity contribution is 0.0995. The molecule has 0 saturated carbocycles. The van der Waals surface area contributed by atoms with Gasteiger partial charge < -0.3 is 15.6 Å². The standard InChI is InChI=1S/C21H20FN3O2/c1-12-9-17(14(3)25(12)16-7-5-4-6-8-16)21(27)24-19-11-15(20(23)26)10-18(22)13(19)2/h4-11H,1-3H3,(H2,23,26)(H,24,27). The van der Waals surface area contributed by atoms with Gasteiger partial charge in [-0.2, -0.15) is 0 Å². The summed E-state index contributed by atoms with van der Waals surface area (Å²) >= 11 is 0. The summed E-state index contributed by atoms with van der Waals surface area (Å²) in [5.41, 5.74) is 8.78. The van der Waals surface area contributed by atoms with Crippen molar-refractivity contribution in [2.45, 2.75) is 20.8 Å². The van der Waals surface area contributed by atoms with Crippen molar-refractivity contribution in [1.29, 1.82) is 0 Å². The molecule has 0 aliphatic carbocycles. The van der Waals surface area contributed by atoms with E-state index >= 15 is 0 Å². The zero-order chi connectivity index (χ0) is 19.7. The Bertz CT molecular complexity index is 1040. The quantitative estimate of drug-likeness (QED) is 0.736. The van der Waals surface area contributed by atoms with Crippen molar-refractivity contribution in [1.82, 2.24) is 4.57 Å². The summed E-state index contributed by atoms with van der Waals surface area (Å²) in [6, 6.07) is 13.9. The van der Waals surface area contributed by atoms with E-state index in [0.717, 1.165) is 23.1 Å². The normalized spacial score (nSPS) is 10.7. The molecule has 0 atom stereocenters. The van der Waals surface area contributed by atoms with Gasteiger partial charge in [0.05, 0.1) is 5.56 Å². The predicted molar refractivity (Wildman–Crippen MR) is 103 cm³/mol. The molecule has 0 unspecified atom stereocenters. The molecule has 0 bridgehead atoms. The molecule has 138 valence electrons. The fourth-order valence-corrected chi connectivity index (χ4v) is 3.11. The number of halogens is 1. The van der Waals surface area contributed by atoms with Gasteiger partial charge in [0.1, 0.15) is 5.82 Å². The fraction of sp³-hybridized carbons (Fsp3) is 0.143. The molecule has 3 rings (SSSR count). The number of amides is 2. The molecular formula is C21H20FN3O2. The first-order chi connectivity index (χ1) is 12.8. The minimum absolute atomic E-state index is 0.00292. The van der Waals surface area contributed by atoms with Crippen LogP contribution in [0.5, 0.6) is 0 Å². The SMILES string of the molecule is Cc1c(F)cc(C(N)=O)cc1NC(=O)c1cc(C)n(-c2ccccc2)c1C. The summed E-state index contributed by atoms with van der Waals surface area (Å²) < 4.78 is 16.0. The molecule has 0 saturated heterocycles. The van der Waals surface area contributed by atoms with Crippen LogP contribution in [0, 0.1) is 26.6 Å². The summed E-state index contributed by atoms with van der Waals surface area (Å²) in [6.45, 7) is 5.29. The van der Waals surface area contributed by atoms with E-state index in [1.54, 1.807) is 6.07 Å². The number of primary amides is 1. The Morgan fingerprint density at radius 2 is 1.70 bits per heavy atom. The van der Waals surface area contributed by atoms with Crippen LogP contribution in [0.4, 0.5) is 10.1 Å². The van der Waals surface area contributed by atoms with Crippen LogP contribution in [0.15, 0.2) is 48.5 Å². The summed E-state index contributed by atoms with van der Waals surface area (Å²) in [4.78, 5) is 24.2. The second kappa shape index (κ2) is 7.07. The number of benzene rings is 2. The molecule has 3 aromatic rings. The van der Waals surface area contributed by atoms with Crippen LogP contribution < -0.4 is 11.1 Å². The third-order valence-corrected chi connectivity index (χ3v) is 4.57. The third-order valence-electron chi connectivity index (χ3n) is 4.57. The highest BCUT2D eigenvalue weighted by Crippen LogP contribution is 2.24. The number of nitrogens with two attached hydrogens (primary N) is 1. The Balaban J connectivity index is 1.98. The van der Waals surface area contributed by atoms with Crippen LogP contribution >= 0.6 is 0 Å². The van der Waals surface area contributed by atoms with Crippen molar-refractivity contribution in [2.24, 2.45) is 5.73 Å². The van der Waals surface area contributed by atoms with Crippen LogP contribution in [0.25, 0.3) is 5.69 Å². The van der Waals surface area contributed by atoms with E-state index in [4.69, 9.17) is 5.73 Å². The lowest BCUT2D eigenvalue weighted by Gasteiger charge is -2.12. The number of nitrogens with zero attached hydrogens (tertiary/aromatic N) is 1. The summed E-state index contributed by atoms with van der Waals surface area (Å²) in [6.07, 6.45) is 0. The molecule has 5 nitrogen and oxygen atoms in total. The molecule has 0 radical (unpaired) electrons. The molecule has 0 spiro atoms. The zero-order valence-electron chi connectivity index (χ0n) is 15.3. The van der Waals surface area contributed by atoms with Crippen molar-refractivity contribution in [2.75, 3.05) is 5.32 Å². The van der Waals surface area contributed by atoms with E-state index in [-0.39, 0.29) is 22.7 Å². The average molecular weight is 365 g/mol. The minimum Gasteiger partial charge on any atom is -0.366 e. The van der Waals surface area contributed by atoms with Gasteiger partial charge in [0.15, 0.2) is 0 Å². The van der Waals surface area contributed by atoms with Crippen molar-refractivity contribution in [3.63, 3.8) is 0 Å². The molecule has 2 aromatic carbocycles. The van der Waals surface area contributed by atoms with Gasteiger partial charge in [-0.1, -0.05) is 18.2 Å². The smallest absolute Gasteiger partial charge is 0.257 e. The van der Waals surface area contributed by atoms with E-state index in [9.17, 15) is 14.0 Å². The van der Waals surface area contributed by atoms with Gasteiger partial charge in [-0.15, -0.1) is 0 Å². The number of carbonyl (C=O) groups excluding carboxylic acids is 2. The lowest BCUT2D eigenvalue weighted by Crippen LogP contribution is -2.17. The first-order valence-electron chi connectivity index (χ1n) is 8.45. The maximum atomic E-state index is 14.1. The zero-order valence-corrected chi connectivity index (χ0v) is 15.3. The molecular weight excluding hydrogens is 345 g/mol. The second-order valence-electron chi connectivity index (χ2n) is 6.40. The largest absolute Gasteiger partial charge is 0.366 e. The highest BCUT2D eigenvalue weighted by Gasteiger charge is 2.19. The number of aryl methyl sites for hydroxylation is 1. The molecule has 6 heteroatoms. The highest BCUT2D eigenvalue weighted by atomic mass is 19.1. The molecule has 2 amide bonds. The molecule has 3 N–H and O–H groups in total. The van der Waals surface area contributed by atoms with Gasteiger partial charge in [-0.3, -0.25) is 9.59 Å². The van der Waals surface area contributed by atoms with Gasteiger partial charge >= 0.3 is 0 Å². The van der Waals surface area contributed by atoms with Gasteiger partial charge in [0, 0.05) is 33.9 Å². The number of hydrogen-bond donors (Lipinski definition) is 2. The summed E-state index contributed by atoms with van der Waals surface area (Å²) in [5.74, 6) is -1.74. The number of hydrogen-bond acceptors (Lipinski definition) is 2. The molecule has 0 aliphatic rings. The first-order valence-corrected chi connectivity index (χ1v) is 8.45. The van der Waals surface area contributed by atoms with E-state index in [0.29, 0.717) is 5.56 Å². The maximum Gasteiger partial charge on any atom is 0.257 e. The van der Waals surface area contributed by atoms with E-state index in [1.807, 2.05) is 48.7 Å². The van der Waals surface area contributed by atoms with Crippen LogP contribution in [0.2, 0.25) is 0 Å². The van der Waals surface area contributed by atoms with Crippen molar-refractivity contribution < 1.29 is 14.0 Å². The minimum atomic E-state index is -0.758. The summed E-state index contributed by atoms with van der Waals surface area (Å²) in [7, 11) is 0. The van der Waals surface area contributed by atoms with Crippen molar-refractivity contribution in [3.8, 4) is 5.69 Å². The van der Waals surface area contributed by atoms with Crippen molar-refractivity contribution >= 4 is 17.5 Å². The summed E-state index contributed by atoms with van der Waals surface area (Å²) in [5, 5.41) is 2.70. The van der Waals surface area contributed by atoms with E-state index < -0.39 is 11.7 Å². The Kier molecular flexibility index (Phi) is 4.81. The monoisotopic (exact) mass is 365 g/mol. The highest BCUT2D eigenvalue weighted by molar-refractivity contribution is 6.06. The van der Waals surface area contributed by atoms with E-state index in [2.05, 4.69) is 5.32 Å². The first kappa shape index (κ1) is 18.4. The Labute approximate surface area is 156 Å². The van der Waals surface area contributed by atoms with Crippen LogP contribution in [-0.4, -0.2) is 16.4 Å². The number of carbonyl (C=O) groups is 2. The Hall–Kier alpha value is -3.41. The number of rotatable bonds is 4. The van der Waals surface area contributed by atoms with Gasteiger partial charge in [-0.05, 0) is 51.1 Å². The van der Waals surface area contributed by atoms with Crippen LogP contribution in [0.1, 0.15) is 37.7 Å². The maximum absolute atomic E-state index is 14.1. The molecule has 1 heterocycles. The van der Waals surface area contributed by atoms with Crippen LogP contribution in [-0.2, 0) is 0 Å². The lowest BCUT2D eigenvalue weighted by atomic mass is 10.1. The average Bonchev–Trinajstić information content (AvgIpc) is 2.93. The van der Waals surface area contributed by atoms with E-state index in [1.165, 1.54) is 13.0 Å². The topological polar surface area (TPSA) is 77.1 Å². The number of aromatic nitrogens is 1. The number of para-hydroxylation sites is 1. The number of anilines is 1. The van der Waals surface area contributed by atoms with Crippen LogP contribution in [0.3, 0.4) is 0 Å². The van der Waals surface area contributed by atoms with Gasteiger partial charge in [-0.25, -0.2) is 4.39 Å². The molecule has 1 aromatic heterocycles. The molecule has 0 fully saturated rings. The van der Waals surface area contributed by atoms with Gasteiger partial charge in [0.2, 0.25) is 5.91 Å². The Morgan fingerprint density at radius 3 is 2.33 bits per heavy atom. The molecule has 0 aliphatic heterocycles. The van der Waals surface area contributed by atoms with Crippen molar-refractivity contribution in [3.05, 3.63) is 82.4 Å².